The second-order valence-electron chi connectivity index (χ2n) is 37.6. The molecule has 0 spiro atoms. The number of halogens is 6. The van der Waals surface area contributed by atoms with Crippen LogP contribution in [0.2, 0.25) is 0 Å². The summed E-state index contributed by atoms with van der Waals surface area (Å²) < 4.78 is 68.1. The Morgan fingerprint density at radius 3 is 0.730 bits per heavy atom. The van der Waals surface area contributed by atoms with Crippen molar-refractivity contribution in [3.8, 4) is 89.5 Å². The summed E-state index contributed by atoms with van der Waals surface area (Å²) in [6.07, 6.45) is -9.18. The predicted octanol–water partition coefficient (Wildman–Crippen LogP) is 30.3. The maximum absolute atomic E-state index is 11.5. The monoisotopic (exact) mass is 2540 g/mol. The molecule has 708 valence electrons. The maximum Gasteiger partial charge on any atom is 0.454 e. The van der Waals surface area contributed by atoms with E-state index < -0.39 is 35.4 Å². The van der Waals surface area contributed by atoms with Crippen LogP contribution in [0.15, 0.2) is 327 Å². The molecule has 4 aliphatic carbocycles. The summed E-state index contributed by atoms with van der Waals surface area (Å²) in [4.78, 5) is 50.7. The molecule has 0 amide bonds. The molecule has 4 aromatic heterocycles. The molecule has 12 aromatic carbocycles. The molecule has 3 N–H and O–H groups in total. The Balaban J connectivity index is 0.000000169. The zero-order valence-corrected chi connectivity index (χ0v) is 88.0. The van der Waals surface area contributed by atoms with Crippen molar-refractivity contribution in [2.75, 3.05) is 0 Å². The summed E-state index contributed by atoms with van der Waals surface area (Å²) in [6, 6.07) is 116. The Kier molecular flexibility index (Phi) is 33.6. The van der Waals surface area contributed by atoms with Crippen LogP contribution in [0.5, 0.6) is 0 Å². The molecule has 16 aromatic rings. The zero-order chi connectivity index (χ0) is 95.7. The number of benzene rings is 12. The van der Waals surface area contributed by atoms with E-state index >= 15 is 0 Å². The zero-order valence-electron chi connectivity index (χ0n) is 78.4. The number of para-hydroxylation sites is 4. The quantitative estimate of drug-likeness (QED) is 0.0606. The van der Waals surface area contributed by atoms with E-state index in [9.17, 15) is 45.8 Å². The Hall–Kier alpha value is -11.9. The van der Waals surface area contributed by atoms with Gasteiger partial charge in [-0.3, -0.25) is 34.3 Å². The Morgan fingerprint density at radius 2 is 0.518 bits per heavy atom. The van der Waals surface area contributed by atoms with Crippen LogP contribution in [-0.4, -0.2) is 65.0 Å². The normalized spacial score (nSPS) is 13.8. The van der Waals surface area contributed by atoms with Gasteiger partial charge in [0.15, 0.2) is 11.6 Å². The molecule has 0 saturated heterocycles. The molecule has 0 unspecified atom stereocenters. The molecule has 0 fully saturated rings. The largest absolute Gasteiger partial charge is 0.512 e. The van der Waals surface area contributed by atoms with E-state index in [1.807, 2.05) is 90.1 Å². The van der Waals surface area contributed by atoms with Gasteiger partial charge in [-0.25, -0.2) is 0 Å². The number of aromatic nitrogens is 4. The molecule has 20 rings (SSSR count). The fraction of sp³-hybridized carbons (Fsp3) is 0.205. The molecule has 4 radical (unpaired) electrons. The molecular weight excluding hydrogens is 2440 g/mol. The van der Waals surface area contributed by atoms with Gasteiger partial charge < -0.3 is 15.3 Å². The van der Waals surface area contributed by atoms with Gasteiger partial charge in [0.2, 0.25) is 5.76 Å². The molecule has 0 saturated carbocycles. The Bertz CT molecular complexity index is 6520. The smallest absolute Gasteiger partial charge is 0.454 e. The first kappa shape index (κ1) is 107. The van der Waals surface area contributed by atoms with Crippen LogP contribution in [0, 0.1) is 35.1 Å². The molecule has 0 bridgehead atoms. The number of ketones is 3. The first-order valence-electron chi connectivity index (χ1n) is 43.8. The predicted molar refractivity (Wildman–Crippen MR) is 524 cm³/mol. The summed E-state index contributed by atoms with van der Waals surface area (Å²) >= 11 is 0. The van der Waals surface area contributed by atoms with Crippen molar-refractivity contribution in [3.63, 3.8) is 0 Å². The van der Waals surface area contributed by atoms with Crippen molar-refractivity contribution in [1.29, 1.82) is 0 Å². The number of aliphatic hydroxyl groups is 3. The molecule has 20 heteroatoms. The fourth-order valence-corrected chi connectivity index (χ4v) is 17.2. The Morgan fingerprint density at radius 1 is 0.285 bits per heavy atom. The minimum atomic E-state index is -5.42. The fourth-order valence-electron chi connectivity index (χ4n) is 17.2. The van der Waals surface area contributed by atoms with E-state index in [1.54, 1.807) is 0 Å². The third-order valence-electron chi connectivity index (χ3n) is 24.6. The second-order valence-corrected chi connectivity index (χ2v) is 37.6. The van der Waals surface area contributed by atoms with Crippen molar-refractivity contribution in [2.45, 2.75) is 145 Å². The van der Waals surface area contributed by atoms with Gasteiger partial charge in [-0.2, -0.15) is 26.3 Å². The van der Waals surface area contributed by atoms with Crippen molar-refractivity contribution in [1.82, 2.24) is 19.9 Å². The minimum absolute atomic E-state index is 0. The summed E-state index contributed by atoms with van der Waals surface area (Å²) in [7, 11) is 0. The van der Waals surface area contributed by atoms with Crippen molar-refractivity contribution < 1.29 is 136 Å². The van der Waals surface area contributed by atoms with Gasteiger partial charge in [0.25, 0.3) is 5.78 Å². The molecule has 4 heterocycles. The third kappa shape index (κ3) is 23.6. The number of rotatable bonds is 7. The van der Waals surface area contributed by atoms with Crippen LogP contribution in [0.1, 0.15) is 155 Å². The van der Waals surface area contributed by atoms with Crippen molar-refractivity contribution in [2.24, 2.45) is 10.8 Å². The number of hydrogen-bond acceptors (Lipinski definition) is 10. The summed E-state index contributed by atoms with van der Waals surface area (Å²) in [6.45, 7) is 32.4. The number of alkyl halides is 6. The van der Waals surface area contributed by atoms with E-state index in [0.29, 0.717) is 0 Å². The van der Waals surface area contributed by atoms with E-state index in [1.165, 1.54) is 137 Å². The Labute approximate surface area is 850 Å². The van der Waals surface area contributed by atoms with Crippen LogP contribution in [-0.2, 0) is 116 Å². The van der Waals surface area contributed by atoms with Crippen LogP contribution in [0.3, 0.4) is 0 Å². The minimum Gasteiger partial charge on any atom is -0.512 e. The number of carbonyl (C=O) groups is 3. The molecule has 4 aliphatic rings. The molecule has 10 nitrogen and oxygen atoms in total. The van der Waals surface area contributed by atoms with Gasteiger partial charge in [0, 0.05) is 109 Å². The average Bonchev–Trinajstić information content (AvgIpc) is 1.60. The van der Waals surface area contributed by atoms with Gasteiger partial charge in [-0.1, -0.05) is 360 Å². The number of fused-ring (bicyclic) bond motifs is 16. The third-order valence-corrected chi connectivity index (χ3v) is 24.6. The first-order valence-corrected chi connectivity index (χ1v) is 43.8. The number of aliphatic hydroxyl groups excluding tert-OH is 3. The van der Waals surface area contributed by atoms with Crippen LogP contribution in [0.25, 0.3) is 133 Å². The van der Waals surface area contributed by atoms with Gasteiger partial charge in [-0.05, 0) is 126 Å². The second kappa shape index (κ2) is 43.0. The number of carbonyl (C=O) groups excluding carboxylic acids is 3. The topological polar surface area (TPSA) is 163 Å². The number of allylic oxidation sites excluding steroid dienone is 6. The van der Waals surface area contributed by atoms with E-state index in [0.717, 1.165) is 67.1 Å². The number of pyridine rings is 4. The maximum atomic E-state index is 11.5. The number of hydrogen-bond donors (Lipinski definition) is 3. The SMILES string of the molecule is CC(=O)C=C(C)O.CC(C)(C)C(=O)C=C(O)C(C)(C)C.CC1(C)c2ccccc2-c2c[c-]c(-c3ccc4ccccc4n3)cc21.CC1(C)c2ccccc2-c2c[c-]c(-c3ccc4ccccc4n3)cc21.CC1(C)c2ccccc2-c2c[c-]c(-c3ccc4ccccc4n3)cc21.CC1(C)c2ccccc2-c2c[c-]c(-c3ccc4ccccc4n3)cc21.O=C(C=C(O)C(F)(F)F)C(F)(F)F.[Ir].[Ir].[Ir].[Ir]. The summed E-state index contributed by atoms with van der Waals surface area (Å²) in [5.41, 5.74) is 33.0. The summed E-state index contributed by atoms with van der Waals surface area (Å²) in [5, 5.41) is 30.5. The van der Waals surface area contributed by atoms with E-state index in [4.69, 9.17) is 30.1 Å². The molecule has 0 atom stereocenters. The van der Waals surface area contributed by atoms with E-state index in [-0.39, 0.29) is 131 Å². The van der Waals surface area contributed by atoms with Crippen LogP contribution >= 0.6 is 0 Å². The number of nitrogens with zero attached hydrogens (tertiary/aromatic N) is 4. The van der Waals surface area contributed by atoms with Gasteiger partial charge in [-0.15, -0.1) is 117 Å². The van der Waals surface area contributed by atoms with Gasteiger partial charge in [0.1, 0.15) is 5.76 Å². The van der Waals surface area contributed by atoms with E-state index in [2.05, 4.69) is 322 Å². The molecular formula is C117H102F6Ir4N4O6-4. The van der Waals surface area contributed by atoms with Gasteiger partial charge >= 0.3 is 12.4 Å². The average molecular weight is 2540 g/mol. The first-order chi connectivity index (χ1) is 62.8. The molecule has 0 aliphatic heterocycles. The van der Waals surface area contributed by atoms with Crippen molar-refractivity contribution >= 4 is 61.0 Å². The van der Waals surface area contributed by atoms with Crippen LogP contribution < -0.4 is 0 Å². The molecule has 137 heavy (non-hydrogen) atoms. The van der Waals surface area contributed by atoms with Crippen molar-refractivity contribution in [3.05, 3.63) is 395 Å². The van der Waals surface area contributed by atoms with Crippen LogP contribution in [0.4, 0.5) is 26.3 Å². The van der Waals surface area contributed by atoms with Gasteiger partial charge in [0.05, 0.1) is 27.8 Å². The standard InChI is InChI=1S/4C24H18N.C11H20O2.C5H2F6O2.C5H8O2.4Ir/c4*1-24(2)20-9-5-4-8-18(20)19-13-11-17(15-21(19)24)23-14-12-16-7-3-6-10-22(16)25-23;1-10(2,3)8(12)7-9(13)11(4,5)6;6-4(7,8)2(12)1-3(13)5(9,10)11;1-4(6)3-5(2)7;;;;/h4*3-10,12-15H,1-2H3;7,12H,1-6H3;1,12H;3,6H,1-2H3;;;;/q4*-1;;;;;;;. The summed E-state index contributed by atoms with van der Waals surface area (Å²) in [5.74, 6) is -5.29.